The number of amides is 1. The van der Waals surface area contributed by atoms with Crippen molar-refractivity contribution >= 4 is 41.0 Å². The van der Waals surface area contributed by atoms with E-state index in [1.54, 1.807) is 4.90 Å². The van der Waals surface area contributed by atoms with Gasteiger partial charge in [0.05, 0.1) is 5.56 Å². The molecule has 0 bridgehead atoms. The highest BCUT2D eigenvalue weighted by atomic mass is 35.5. The first-order chi connectivity index (χ1) is 16.0. The summed E-state index contributed by atoms with van der Waals surface area (Å²) >= 11 is 11.8. The molecular formula is C21H20Cl2F3N5O3. The van der Waals surface area contributed by atoms with E-state index >= 15 is 0 Å². The van der Waals surface area contributed by atoms with Crippen molar-refractivity contribution < 1.29 is 27.4 Å². The number of rotatable bonds is 5. The lowest BCUT2D eigenvalue weighted by molar-refractivity contribution is -0.194. The Hall–Kier alpha value is -2.79. The van der Waals surface area contributed by atoms with Crippen molar-refractivity contribution in [1.82, 2.24) is 14.8 Å². The van der Waals surface area contributed by atoms with Gasteiger partial charge in [0.1, 0.15) is 22.3 Å². The SMILES string of the molecule is C=C(Cl)/N=C1/N=C(N2CCN(C(=O)c3ccc(OCC4(C(F)(F)F)CC4)nc3Cl)CC2)OC1=C. The molecule has 0 spiro atoms. The zero-order valence-electron chi connectivity index (χ0n) is 17.9. The topological polar surface area (TPSA) is 79.6 Å². The van der Waals surface area contributed by atoms with E-state index in [1.165, 1.54) is 12.1 Å². The summed E-state index contributed by atoms with van der Waals surface area (Å²) in [5.74, 6) is 0.0717. The maximum Gasteiger partial charge on any atom is 0.397 e. The maximum absolute atomic E-state index is 13.1. The second-order valence-corrected chi connectivity index (χ2v) is 8.86. The molecule has 2 aliphatic heterocycles. The van der Waals surface area contributed by atoms with Crippen LogP contribution in [-0.4, -0.2) is 71.5 Å². The third-order valence-corrected chi connectivity index (χ3v) is 6.11. The third kappa shape index (κ3) is 5.00. The number of halogens is 5. The van der Waals surface area contributed by atoms with Crippen molar-refractivity contribution in [3.8, 4) is 5.88 Å². The number of amidine groups is 2. The summed E-state index contributed by atoms with van der Waals surface area (Å²) in [6.07, 6.45) is -4.28. The Bertz CT molecular complexity index is 1090. The second kappa shape index (κ2) is 9.10. The molecule has 0 atom stereocenters. The van der Waals surface area contributed by atoms with E-state index in [0.29, 0.717) is 32.2 Å². The van der Waals surface area contributed by atoms with Crippen LogP contribution < -0.4 is 4.74 Å². The van der Waals surface area contributed by atoms with E-state index in [9.17, 15) is 18.0 Å². The number of carbonyl (C=O) groups is 1. The monoisotopic (exact) mass is 517 g/mol. The number of piperazine rings is 1. The van der Waals surface area contributed by atoms with Gasteiger partial charge in [0.15, 0.2) is 5.76 Å². The molecule has 4 rings (SSSR count). The maximum atomic E-state index is 13.1. The molecule has 182 valence electrons. The van der Waals surface area contributed by atoms with Gasteiger partial charge in [-0.1, -0.05) is 36.4 Å². The van der Waals surface area contributed by atoms with Crippen LogP contribution in [0.25, 0.3) is 0 Å². The van der Waals surface area contributed by atoms with E-state index in [2.05, 4.69) is 28.1 Å². The number of pyridine rings is 1. The van der Waals surface area contributed by atoms with Crippen LogP contribution in [0.4, 0.5) is 13.2 Å². The van der Waals surface area contributed by atoms with Crippen LogP contribution in [-0.2, 0) is 4.74 Å². The highest BCUT2D eigenvalue weighted by Gasteiger charge is 2.64. The first-order valence-electron chi connectivity index (χ1n) is 10.3. The molecule has 2 fully saturated rings. The Morgan fingerprint density at radius 1 is 1.26 bits per heavy atom. The normalized spacial score (nSPS) is 20.8. The summed E-state index contributed by atoms with van der Waals surface area (Å²) in [4.78, 5) is 28.5. The Balaban J connectivity index is 1.34. The minimum Gasteiger partial charge on any atom is -0.477 e. The van der Waals surface area contributed by atoms with Crippen molar-refractivity contribution in [2.45, 2.75) is 19.0 Å². The smallest absolute Gasteiger partial charge is 0.397 e. The minimum absolute atomic E-state index is 0.0223. The molecule has 0 aromatic carbocycles. The number of hydrogen-bond acceptors (Lipinski definition) is 6. The summed E-state index contributed by atoms with van der Waals surface area (Å²) < 4.78 is 49.9. The molecule has 1 saturated carbocycles. The summed E-state index contributed by atoms with van der Waals surface area (Å²) in [6, 6.07) is 3.06. The Labute approximate surface area is 203 Å². The summed E-state index contributed by atoms with van der Waals surface area (Å²) in [5.41, 5.74) is -1.68. The molecule has 13 heteroatoms. The molecule has 1 saturated heterocycles. The van der Waals surface area contributed by atoms with Crippen molar-refractivity contribution in [3.63, 3.8) is 0 Å². The first-order valence-corrected chi connectivity index (χ1v) is 11.0. The lowest BCUT2D eigenvalue weighted by atomic mass is 10.1. The van der Waals surface area contributed by atoms with Crippen LogP contribution in [0.5, 0.6) is 5.88 Å². The number of hydrogen-bond donors (Lipinski definition) is 0. The van der Waals surface area contributed by atoms with Crippen LogP contribution in [0, 0.1) is 5.41 Å². The number of nitrogens with zero attached hydrogens (tertiary/aromatic N) is 5. The van der Waals surface area contributed by atoms with E-state index in [-0.39, 0.29) is 52.1 Å². The van der Waals surface area contributed by atoms with Crippen LogP contribution in [0.15, 0.2) is 46.2 Å². The van der Waals surface area contributed by atoms with Crippen LogP contribution in [0.1, 0.15) is 23.2 Å². The van der Waals surface area contributed by atoms with E-state index in [1.807, 2.05) is 4.90 Å². The zero-order valence-corrected chi connectivity index (χ0v) is 19.4. The molecule has 1 amide bonds. The average Bonchev–Trinajstić information content (AvgIpc) is 3.50. The molecule has 0 unspecified atom stereocenters. The van der Waals surface area contributed by atoms with Gasteiger partial charge in [0.2, 0.25) is 11.7 Å². The standard InChI is InChI=1S/C21H20Cl2F3N5O3/c1-12-17(27-13(2)22)29-19(34-12)31-9-7-30(8-10-31)18(32)14-3-4-15(28-16(14)23)33-11-20(5-6-20)21(24,25)26/h3-4H,1-2,5-11H2/b27-17+. The van der Waals surface area contributed by atoms with Crippen LogP contribution in [0.3, 0.4) is 0 Å². The number of ether oxygens (including phenoxy) is 2. The minimum atomic E-state index is -4.33. The fourth-order valence-electron chi connectivity index (χ4n) is 3.47. The highest BCUT2D eigenvalue weighted by molar-refractivity contribution is 6.32. The van der Waals surface area contributed by atoms with Gasteiger partial charge in [0.25, 0.3) is 11.9 Å². The van der Waals surface area contributed by atoms with Gasteiger partial charge in [-0.3, -0.25) is 4.79 Å². The number of aromatic nitrogens is 1. The van der Waals surface area contributed by atoms with Crippen molar-refractivity contribution in [2.24, 2.45) is 15.4 Å². The lowest BCUT2D eigenvalue weighted by Crippen LogP contribution is -2.50. The highest BCUT2D eigenvalue weighted by Crippen LogP contribution is 2.57. The molecule has 1 aromatic rings. The van der Waals surface area contributed by atoms with Crippen molar-refractivity contribution in [1.29, 1.82) is 0 Å². The molecule has 0 radical (unpaired) electrons. The van der Waals surface area contributed by atoms with Gasteiger partial charge in [-0.25, -0.2) is 9.98 Å². The molecule has 34 heavy (non-hydrogen) atoms. The quantitative estimate of drug-likeness (QED) is 0.431. The molecule has 3 heterocycles. The number of carbonyl (C=O) groups excluding carboxylic acids is 1. The number of alkyl halides is 3. The van der Waals surface area contributed by atoms with Crippen molar-refractivity contribution in [2.75, 3.05) is 32.8 Å². The van der Waals surface area contributed by atoms with Gasteiger partial charge in [-0.05, 0) is 18.9 Å². The van der Waals surface area contributed by atoms with Gasteiger partial charge >= 0.3 is 6.18 Å². The summed E-state index contributed by atoms with van der Waals surface area (Å²) in [6.45, 7) is 8.24. The Morgan fingerprint density at radius 3 is 2.50 bits per heavy atom. The fraction of sp³-hybridized carbons (Fsp3) is 0.429. The first kappa shape index (κ1) is 24.3. The molecule has 1 aromatic heterocycles. The van der Waals surface area contributed by atoms with Gasteiger partial charge in [-0.15, -0.1) is 0 Å². The predicted octanol–water partition coefficient (Wildman–Crippen LogP) is 4.22. The summed E-state index contributed by atoms with van der Waals surface area (Å²) in [7, 11) is 0. The van der Waals surface area contributed by atoms with Gasteiger partial charge < -0.3 is 19.3 Å². The van der Waals surface area contributed by atoms with Crippen LogP contribution >= 0.6 is 23.2 Å². The zero-order chi connectivity index (χ0) is 24.7. The third-order valence-electron chi connectivity index (χ3n) is 5.73. The summed E-state index contributed by atoms with van der Waals surface area (Å²) in [5, 5.41) is -0.0850. The van der Waals surface area contributed by atoms with Crippen LogP contribution in [0.2, 0.25) is 5.15 Å². The second-order valence-electron chi connectivity index (χ2n) is 8.07. The predicted molar refractivity (Wildman–Crippen MR) is 120 cm³/mol. The number of aliphatic imine (C=N–C) groups is 2. The molecule has 8 nitrogen and oxygen atoms in total. The lowest BCUT2D eigenvalue weighted by Gasteiger charge is -2.34. The Kier molecular flexibility index (Phi) is 6.52. The average molecular weight is 518 g/mol. The molecular weight excluding hydrogens is 498 g/mol. The molecule has 1 aliphatic carbocycles. The molecule has 0 N–H and O–H groups in total. The van der Waals surface area contributed by atoms with Crippen molar-refractivity contribution in [3.05, 3.63) is 46.9 Å². The van der Waals surface area contributed by atoms with E-state index in [0.717, 1.165) is 0 Å². The van der Waals surface area contributed by atoms with Gasteiger partial charge in [0, 0.05) is 32.2 Å². The van der Waals surface area contributed by atoms with E-state index in [4.69, 9.17) is 32.7 Å². The largest absolute Gasteiger partial charge is 0.477 e. The van der Waals surface area contributed by atoms with Gasteiger partial charge in [-0.2, -0.15) is 18.2 Å². The molecule has 3 aliphatic rings. The van der Waals surface area contributed by atoms with E-state index < -0.39 is 18.2 Å². The Morgan fingerprint density at radius 2 is 1.94 bits per heavy atom. The fourth-order valence-corrected chi connectivity index (χ4v) is 3.78.